The van der Waals surface area contributed by atoms with Crippen molar-refractivity contribution in [2.24, 2.45) is 5.73 Å². The zero-order chi connectivity index (χ0) is 18.7. The summed E-state index contributed by atoms with van der Waals surface area (Å²) in [5, 5.41) is 8.40. The summed E-state index contributed by atoms with van der Waals surface area (Å²) in [4.78, 5) is 15.9. The van der Waals surface area contributed by atoms with E-state index in [4.69, 9.17) is 5.73 Å². The maximum absolute atomic E-state index is 11.6. The van der Waals surface area contributed by atoms with E-state index < -0.39 is 5.91 Å². The number of amides is 1. The van der Waals surface area contributed by atoms with Crippen LogP contribution in [0.3, 0.4) is 0 Å². The van der Waals surface area contributed by atoms with Crippen LogP contribution in [0.15, 0.2) is 55.0 Å². The zero-order valence-electron chi connectivity index (χ0n) is 15.0. The molecule has 1 amide bonds. The fourth-order valence-corrected chi connectivity index (χ4v) is 2.92. The number of hydrogen-bond acceptors (Lipinski definition) is 4. The predicted molar refractivity (Wildman–Crippen MR) is 105 cm³/mol. The van der Waals surface area contributed by atoms with Gasteiger partial charge in [0.25, 0.3) is 5.91 Å². The van der Waals surface area contributed by atoms with Gasteiger partial charge in [0.2, 0.25) is 0 Å². The summed E-state index contributed by atoms with van der Waals surface area (Å²) in [6.45, 7) is 4.00. The van der Waals surface area contributed by atoms with Gasteiger partial charge in [0.05, 0.1) is 28.5 Å². The van der Waals surface area contributed by atoms with Gasteiger partial charge >= 0.3 is 0 Å². The van der Waals surface area contributed by atoms with Crippen LogP contribution in [0, 0.1) is 0 Å². The third-order valence-corrected chi connectivity index (χ3v) is 4.09. The maximum Gasteiger partial charge on any atom is 0.252 e. The third kappa shape index (κ3) is 2.97. The summed E-state index contributed by atoms with van der Waals surface area (Å²) in [5.74, 6) is -0.506. The Balaban J connectivity index is 0.000000948. The number of nitrogens with one attached hydrogen (secondary N) is 1. The van der Waals surface area contributed by atoms with Crippen LogP contribution in [0.4, 0.5) is 5.69 Å². The lowest BCUT2D eigenvalue weighted by Crippen LogP contribution is -2.15. The number of anilines is 1. The molecule has 0 aliphatic carbocycles. The first-order valence-electron chi connectivity index (χ1n) is 8.51. The smallest absolute Gasteiger partial charge is 0.252 e. The number of rotatable bonds is 3. The lowest BCUT2D eigenvalue weighted by molar-refractivity contribution is 0.100. The first-order chi connectivity index (χ1) is 12.7. The molecule has 6 nitrogen and oxygen atoms in total. The first-order valence-corrected chi connectivity index (χ1v) is 8.51. The van der Waals surface area contributed by atoms with Gasteiger partial charge in [0.1, 0.15) is 0 Å². The van der Waals surface area contributed by atoms with Crippen molar-refractivity contribution < 1.29 is 4.79 Å². The van der Waals surface area contributed by atoms with Crippen molar-refractivity contribution in [2.45, 2.75) is 13.8 Å². The summed E-state index contributed by atoms with van der Waals surface area (Å²) in [7, 11) is 1.76. The Labute approximate surface area is 151 Å². The van der Waals surface area contributed by atoms with Gasteiger partial charge < -0.3 is 11.1 Å². The monoisotopic (exact) mass is 347 g/mol. The van der Waals surface area contributed by atoms with Gasteiger partial charge in [-0.05, 0) is 29.8 Å². The van der Waals surface area contributed by atoms with Gasteiger partial charge in [-0.25, -0.2) is 4.52 Å². The number of carbonyl (C=O) groups is 1. The minimum atomic E-state index is -0.506. The molecule has 0 bridgehead atoms. The molecule has 0 aliphatic heterocycles. The molecule has 4 rings (SSSR count). The number of nitrogens with zero attached hydrogens (tertiary/aromatic N) is 3. The lowest BCUT2D eigenvalue weighted by atomic mass is 10.1. The molecule has 0 fully saturated rings. The summed E-state index contributed by atoms with van der Waals surface area (Å²) < 4.78 is 1.74. The molecule has 0 unspecified atom stereocenters. The molecule has 6 heteroatoms. The third-order valence-electron chi connectivity index (χ3n) is 4.09. The van der Waals surface area contributed by atoms with E-state index >= 15 is 0 Å². The highest BCUT2D eigenvalue weighted by Crippen LogP contribution is 2.29. The molecule has 0 spiro atoms. The Kier molecular flexibility index (Phi) is 4.84. The first kappa shape index (κ1) is 17.4. The average molecular weight is 347 g/mol. The fraction of sp³-hybridized carbons (Fsp3) is 0.150. The Morgan fingerprint density at radius 1 is 1.15 bits per heavy atom. The molecule has 132 valence electrons. The van der Waals surface area contributed by atoms with Crippen molar-refractivity contribution in [3.05, 3.63) is 60.6 Å². The van der Waals surface area contributed by atoms with Crippen LogP contribution in [-0.2, 0) is 0 Å². The van der Waals surface area contributed by atoms with Gasteiger partial charge in [-0.1, -0.05) is 26.0 Å². The number of primary amides is 1. The van der Waals surface area contributed by atoms with Crippen molar-refractivity contribution in [1.29, 1.82) is 0 Å². The molecule has 4 aromatic rings. The highest BCUT2D eigenvalue weighted by atomic mass is 16.1. The SMILES string of the molecule is CC.CNc1c(C(N)=O)cnn2cc(-c3ccc4ncccc4c3)cc12. The second kappa shape index (κ2) is 7.23. The lowest BCUT2D eigenvalue weighted by Gasteiger charge is -2.07. The number of carbonyl (C=O) groups excluding carboxylic acids is 1. The maximum atomic E-state index is 11.6. The molecule has 26 heavy (non-hydrogen) atoms. The standard InChI is InChI=1S/C18H15N5O.C2H6/c1-20-17-14(18(19)24)9-22-23-10-13(8-16(17)23)11-4-5-15-12(7-11)3-2-6-21-15;1-2/h2-10,20H,1H3,(H2,19,24);1-2H3. The molecule has 0 saturated carbocycles. The van der Waals surface area contributed by atoms with Crippen molar-refractivity contribution in [3.63, 3.8) is 0 Å². The van der Waals surface area contributed by atoms with Crippen LogP contribution in [0.25, 0.3) is 27.5 Å². The van der Waals surface area contributed by atoms with Crippen molar-refractivity contribution in [2.75, 3.05) is 12.4 Å². The summed E-state index contributed by atoms with van der Waals surface area (Å²) in [5.41, 5.74) is 10.3. The number of benzene rings is 1. The van der Waals surface area contributed by atoms with E-state index in [0.29, 0.717) is 11.3 Å². The molecule has 0 radical (unpaired) electrons. The molecular formula is C20H21N5O. The molecule has 0 saturated heterocycles. The Bertz CT molecular complexity index is 1080. The summed E-state index contributed by atoms with van der Waals surface area (Å²) in [6, 6.07) is 12.0. The van der Waals surface area contributed by atoms with E-state index in [9.17, 15) is 4.79 Å². The van der Waals surface area contributed by atoms with Gasteiger partial charge in [-0.15, -0.1) is 0 Å². The fourth-order valence-electron chi connectivity index (χ4n) is 2.92. The number of aromatic nitrogens is 3. The highest BCUT2D eigenvalue weighted by Gasteiger charge is 2.14. The van der Waals surface area contributed by atoms with E-state index in [1.165, 1.54) is 6.20 Å². The highest BCUT2D eigenvalue weighted by molar-refractivity contribution is 6.02. The Hall–Kier alpha value is -3.41. The molecule has 3 heterocycles. The Morgan fingerprint density at radius 3 is 2.69 bits per heavy atom. The van der Waals surface area contributed by atoms with E-state index in [1.807, 2.05) is 50.4 Å². The minimum absolute atomic E-state index is 0.373. The zero-order valence-corrected chi connectivity index (χ0v) is 15.0. The Morgan fingerprint density at radius 2 is 1.96 bits per heavy atom. The molecule has 0 aliphatic rings. The number of hydrogen-bond donors (Lipinski definition) is 2. The van der Waals surface area contributed by atoms with Crippen LogP contribution in [0.2, 0.25) is 0 Å². The molecule has 0 atom stereocenters. The van der Waals surface area contributed by atoms with Crippen molar-refractivity contribution >= 4 is 28.0 Å². The van der Waals surface area contributed by atoms with Crippen LogP contribution in [0.1, 0.15) is 24.2 Å². The molecule has 3 N–H and O–H groups in total. The van der Waals surface area contributed by atoms with E-state index in [1.54, 1.807) is 17.8 Å². The van der Waals surface area contributed by atoms with Crippen LogP contribution in [-0.4, -0.2) is 27.6 Å². The van der Waals surface area contributed by atoms with Gasteiger partial charge in [0.15, 0.2) is 0 Å². The number of pyridine rings is 1. The quantitative estimate of drug-likeness (QED) is 0.591. The van der Waals surface area contributed by atoms with E-state index in [0.717, 1.165) is 27.5 Å². The molecule has 1 aromatic carbocycles. The van der Waals surface area contributed by atoms with Crippen molar-refractivity contribution in [3.8, 4) is 11.1 Å². The topological polar surface area (TPSA) is 85.3 Å². The van der Waals surface area contributed by atoms with Crippen molar-refractivity contribution in [1.82, 2.24) is 14.6 Å². The van der Waals surface area contributed by atoms with Crippen LogP contribution in [0.5, 0.6) is 0 Å². The van der Waals surface area contributed by atoms with E-state index in [2.05, 4.69) is 21.5 Å². The summed E-state index contributed by atoms with van der Waals surface area (Å²) in [6.07, 6.45) is 5.19. The second-order valence-corrected chi connectivity index (χ2v) is 5.52. The number of fused-ring (bicyclic) bond motifs is 2. The normalized spacial score (nSPS) is 10.4. The second-order valence-electron chi connectivity index (χ2n) is 5.52. The van der Waals surface area contributed by atoms with Crippen LogP contribution >= 0.6 is 0 Å². The van der Waals surface area contributed by atoms with Gasteiger partial charge in [-0.3, -0.25) is 9.78 Å². The average Bonchev–Trinajstić information content (AvgIpc) is 3.12. The predicted octanol–water partition coefficient (Wildman–Crippen LogP) is 3.72. The minimum Gasteiger partial charge on any atom is -0.386 e. The van der Waals surface area contributed by atoms with Gasteiger partial charge in [-0.2, -0.15) is 5.10 Å². The van der Waals surface area contributed by atoms with Gasteiger partial charge in [0, 0.05) is 30.4 Å². The summed E-state index contributed by atoms with van der Waals surface area (Å²) >= 11 is 0. The number of nitrogens with two attached hydrogens (primary N) is 1. The van der Waals surface area contributed by atoms with E-state index in [-0.39, 0.29) is 0 Å². The molecule has 3 aromatic heterocycles. The van der Waals surface area contributed by atoms with Crippen LogP contribution < -0.4 is 11.1 Å². The largest absolute Gasteiger partial charge is 0.386 e. The molecular weight excluding hydrogens is 326 g/mol.